The first-order valence-electron chi connectivity index (χ1n) is 9.03. The van der Waals surface area contributed by atoms with Crippen molar-refractivity contribution < 1.29 is 9.53 Å². The van der Waals surface area contributed by atoms with Crippen LogP contribution < -0.4 is 10.1 Å². The van der Waals surface area contributed by atoms with E-state index in [1.165, 1.54) is 6.42 Å². The van der Waals surface area contributed by atoms with Gasteiger partial charge < -0.3 is 15.0 Å². The van der Waals surface area contributed by atoms with Gasteiger partial charge in [-0.2, -0.15) is 0 Å². The summed E-state index contributed by atoms with van der Waals surface area (Å²) in [4.78, 5) is 18.7. The third-order valence-electron chi connectivity index (χ3n) is 5.50. The van der Waals surface area contributed by atoms with Gasteiger partial charge >= 0.3 is 0 Å². The Morgan fingerprint density at radius 1 is 1.15 bits per heavy atom. The van der Waals surface area contributed by atoms with Crippen LogP contribution in [0.2, 0.25) is 5.02 Å². The van der Waals surface area contributed by atoms with Crippen LogP contribution in [0.3, 0.4) is 0 Å². The first kappa shape index (κ1) is 17.3. The minimum atomic E-state index is 0.0446. The smallest absolute Gasteiger partial charge is 0.253 e. The maximum atomic E-state index is 12.8. The minimum absolute atomic E-state index is 0.0446. The normalized spacial score (nSPS) is 18.9. The molecule has 0 aliphatic carbocycles. The Hall–Kier alpha value is -2.11. The Bertz CT molecular complexity index is 781. The first-order chi connectivity index (χ1) is 12.7. The van der Waals surface area contributed by atoms with Crippen molar-refractivity contribution in [2.45, 2.75) is 19.3 Å². The van der Waals surface area contributed by atoms with Gasteiger partial charge in [-0.3, -0.25) is 9.78 Å². The molecule has 0 unspecified atom stereocenters. The second kappa shape index (κ2) is 7.25. The number of rotatable bonds is 3. The zero-order valence-corrected chi connectivity index (χ0v) is 15.3. The Labute approximate surface area is 158 Å². The number of carbonyl (C=O) groups excluding carboxylic acids is 1. The summed E-state index contributed by atoms with van der Waals surface area (Å²) in [5.41, 5.74) is 1.01. The van der Waals surface area contributed by atoms with Crippen LogP contribution in [0.4, 0.5) is 0 Å². The fourth-order valence-corrected chi connectivity index (χ4v) is 4.06. The number of hydrogen-bond acceptors (Lipinski definition) is 4. The van der Waals surface area contributed by atoms with E-state index in [0.717, 1.165) is 39.0 Å². The number of nitrogens with zero attached hydrogens (tertiary/aromatic N) is 2. The van der Waals surface area contributed by atoms with Gasteiger partial charge in [-0.15, -0.1) is 0 Å². The van der Waals surface area contributed by atoms with Crippen molar-refractivity contribution in [2.24, 2.45) is 5.41 Å². The summed E-state index contributed by atoms with van der Waals surface area (Å²) in [5, 5.41) is 3.89. The highest BCUT2D eigenvalue weighted by molar-refractivity contribution is 6.32. The van der Waals surface area contributed by atoms with Crippen molar-refractivity contribution in [2.75, 3.05) is 26.2 Å². The highest BCUT2D eigenvalue weighted by Crippen LogP contribution is 2.37. The van der Waals surface area contributed by atoms with Crippen LogP contribution in [0.5, 0.6) is 11.5 Å². The van der Waals surface area contributed by atoms with Gasteiger partial charge in [-0.25, -0.2) is 0 Å². The van der Waals surface area contributed by atoms with Gasteiger partial charge in [0, 0.05) is 37.6 Å². The molecular formula is C20H22ClN3O2. The van der Waals surface area contributed by atoms with Crippen LogP contribution in [0.1, 0.15) is 29.6 Å². The van der Waals surface area contributed by atoms with Crippen molar-refractivity contribution >= 4 is 17.5 Å². The average molecular weight is 372 g/mol. The molecule has 2 saturated heterocycles. The summed E-state index contributed by atoms with van der Waals surface area (Å²) < 4.78 is 5.75. The van der Waals surface area contributed by atoms with E-state index in [4.69, 9.17) is 16.3 Å². The first-order valence-corrected chi connectivity index (χ1v) is 9.41. The molecule has 1 aromatic carbocycles. The number of likely N-dealkylation sites (tertiary alicyclic amines) is 1. The summed E-state index contributed by atoms with van der Waals surface area (Å²) in [6.07, 6.45) is 6.68. The maximum Gasteiger partial charge on any atom is 0.253 e. The molecule has 0 atom stereocenters. The molecular weight excluding hydrogens is 350 g/mol. The van der Waals surface area contributed by atoms with Crippen molar-refractivity contribution in [1.82, 2.24) is 15.2 Å². The summed E-state index contributed by atoms with van der Waals surface area (Å²) in [6.45, 7) is 3.81. The molecule has 4 rings (SSSR count). The van der Waals surface area contributed by atoms with E-state index in [2.05, 4.69) is 10.3 Å². The lowest BCUT2D eigenvalue weighted by Crippen LogP contribution is -2.44. The standard InChI is InChI=1S/C20H22ClN3O2/c21-17-13-15(1-2-18(17)26-16-3-8-22-9-4-16)19(25)24-11-6-20(7-12-24)5-10-23-14-20/h1-4,8-9,13,23H,5-7,10-12,14H2. The van der Waals surface area contributed by atoms with Crippen molar-refractivity contribution in [3.8, 4) is 11.5 Å². The molecule has 3 heterocycles. The van der Waals surface area contributed by atoms with Crippen LogP contribution in [0.25, 0.3) is 0 Å². The minimum Gasteiger partial charge on any atom is -0.456 e. The number of piperidine rings is 1. The average Bonchev–Trinajstić information content (AvgIpc) is 3.12. The topological polar surface area (TPSA) is 54.5 Å². The number of ether oxygens (including phenoxy) is 1. The molecule has 2 fully saturated rings. The van der Waals surface area contributed by atoms with Gasteiger partial charge in [-0.05, 0) is 61.6 Å². The molecule has 6 heteroatoms. The Balaban J connectivity index is 1.43. The van der Waals surface area contributed by atoms with Crippen molar-refractivity contribution in [1.29, 1.82) is 0 Å². The zero-order chi connectivity index (χ0) is 18.0. The number of halogens is 1. The lowest BCUT2D eigenvalue weighted by atomic mass is 9.78. The SMILES string of the molecule is O=C(c1ccc(Oc2ccncc2)c(Cl)c1)N1CCC2(CCNC2)CC1. The van der Waals surface area contributed by atoms with E-state index in [-0.39, 0.29) is 5.91 Å². The second-order valence-electron chi connectivity index (χ2n) is 7.15. The zero-order valence-electron chi connectivity index (χ0n) is 14.6. The molecule has 0 radical (unpaired) electrons. The molecule has 0 bridgehead atoms. The number of pyridine rings is 1. The second-order valence-corrected chi connectivity index (χ2v) is 7.56. The van der Waals surface area contributed by atoms with Crippen molar-refractivity contribution in [3.63, 3.8) is 0 Å². The maximum absolute atomic E-state index is 12.8. The molecule has 0 saturated carbocycles. The Kier molecular flexibility index (Phi) is 4.83. The lowest BCUT2D eigenvalue weighted by molar-refractivity contribution is 0.0607. The quantitative estimate of drug-likeness (QED) is 0.892. The molecule has 1 N–H and O–H groups in total. The highest BCUT2D eigenvalue weighted by atomic mass is 35.5. The van der Waals surface area contributed by atoms with Gasteiger partial charge in [0.05, 0.1) is 5.02 Å². The van der Waals surface area contributed by atoms with E-state index in [1.54, 1.807) is 42.7 Å². The molecule has 136 valence electrons. The molecule has 2 aromatic rings. The monoisotopic (exact) mass is 371 g/mol. The summed E-state index contributed by atoms with van der Waals surface area (Å²) in [6, 6.07) is 8.75. The van der Waals surface area contributed by atoms with Gasteiger partial charge in [0.25, 0.3) is 5.91 Å². The molecule has 2 aliphatic heterocycles. The van der Waals surface area contributed by atoms with Crippen LogP contribution >= 0.6 is 11.6 Å². The molecule has 1 aromatic heterocycles. The fraction of sp³-hybridized carbons (Fsp3) is 0.400. The van der Waals surface area contributed by atoms with E-state index < -0.39 is 0 Å². The predicted molar refractivity (Wildman–Crippen MR) is 101 cm³/mol. The third-order valence-corrected chi connectivity index (χ3v) is 5.80. The van der Waals surface area contributed by atoms with Gasteiger partial charge in [0.1, 0.15) is 11.5 Å². The number of benzene rings is 1. The number of nitrogens with one attached hydrogen (secondary N) is 1. The fourth-order valence-electron chi connectivity index (χ4n) is 3.84. The summed E-state index contributed by atoms with van der Waals surface area (Å²) >= 11 is 6.34. The summed E-state index contributed by atoms with van der Waals surface area (Å²) in [5.74, 6) is 1.24. The number of carbonyl (C=O) groups is 1. The largest absolute Gasteiger partial charge is 0.456 e. The Morgan fingerprint density at radius 2 is 1.92 bits per heavy atom. The van der Waals surface area contributed by atoms with Gasteiger partial charge in [0.2, 0.25) is 0 Å². The molecule has 1 spiro atoms. The van der Waals surface area contributed by atoms with Crippen LogP contribution in [0, 0.1) is 5.41 Å². The van der Waals surface area contributed by atoms with Gasteiger partial charge in [0.15, 0.2) is 0 Å². The molecule has 26 heavy (non-hydrogen) atoms. The van der Waals surface area contributed by atoms with E-state index in [0.29, 0.717) is 27.5 Å². The van der Waals surface area contributed by atoms with Crippen LogP contribution in [-0.4, -0.2) is 42.0 Å². The number of amides is 1. The van der Waals surface area contributed by atoms with Crippen molar-refractivity contribution in [3.05, 3.63) is 53.3 Å². The molecule has 2 aliphatic rings. The molecule has 1 amide bonds. The van der Waals surface area contributed by atoms with E-state index >= 15 is 0 Å². The lowest BCUT2D eigenvalue weighted by Gasteiger charge is -2.38. The highest BCUT2D eigenvalue weighted by Gasteiger charge is 2.38. The number of aromatic nitrogens is 1. The third kappa shape index (κ3) is 3.55. The Morgan fingerprint density at radius 3 is 2.58 bits per heavy atom. The predicted octanol–water partition coefficient (Wildman–Crippen LogP) is 3.74. The molecule has 5 nitrogen and oxygen atoms in total. The summed E-state index contributed by atoms with van der Waals surface area (Å²) in [7, 11) is 0. The van der Waals surface area contributed by atoms with E-state index in [1.807, 2.05) is 4.90 Å². The van der Waals surface area contributed by atoms with Crippen LogP contribution in [0.15, 0.2) is 42.7 Å². The number of hydrogen-bond donors (Lipinski definition) is 1. The van der Waals surface area contributed by atoms with Crippen LogP contribution in [-0.2, 0) is 0 Å². The van der Waals surface area contributed by atoms with E-state index in [9.17, 15) is 4.79 Å². The van der Waals surface area contributed by atoms with Gasteiger partial charge in [-0.1, -0.05) is 11.6 Å².